The third-order valence-corrected chi connectivity index (χ3v) is 5.17. The first-order chi connectivity index (χ1) is 13.3. The molecular weight excluding hydrogens is 498 g/mol. The standard InChI is InChI=1S/C20H30F3N3O2.HI/c1-15-5-6-16(17(11-15)28-14-20(21,22)23)12-25-18(24-2)26-13-19(7-4-8-19)9-10-27-3;/h5-6,11H,4,7-10,12-14H2,1-3H3,(H2,24,25,26);1H. The Labute approximate surface area is 187 Å². The normalized spacial score (nSPS) is 15.9. The highest BCUT2D eigenvalue weighted by atomic mass is 127. The van der Waals surface area contributed by atoms with Crippen LogP contribution in [0.25, 0.3) is 0 Å². The zero-order valence-electron chi connectivity index (χ0n) is 17.2. The van der Waals surface area contributed by atoms with Crippen LogP contribution in [-0.2, 0) is 11.3 Å². The van der Waals surface area contributed by atoms with Gasteiger partial charge in [0.15, 0.2) is 12.6 Å². The highest BCUT2D eigenvalue weighted by molar-refractivity contribution is 14.0. The average Bonchev–Trinajstić information content (AvgIpc) is 2.61. The Kier molecular flexibility index (Phi) is 10.5. The highest BCUT2D eigenvalue weighted by Crippen LogP contribution is 2.43. The van der Waals surface area contributed by atoms with Crippen molar-refractivity contribution in [2.45, 2.75) is 45.3 Å². The van der Waals surface area contributed by atoms with Crippen molar-refractivity contribution in [3.8, 4) is 5.75 Å². The van der Waals surface area contributed by atoms with Gasteiger partial charge in [0.05, 0.1) is 0 Å². The molecule has 0 radical (unpaired) electrons. The zero-order valence-corrected chi connectivity index (χ0v) is 19.5. The third-order valence-electron chi connectivity index (χ3n) is 5.17. The average molecular weight is 529 g/mol. The molecule has 0 aromatic heterocycles. The van der Waals surface area contributed by atoms with E-state index in [1.165, 1.54) is 6.42 Å². The van der Waals surface area contributed by atoms with Crippen LogP contribution in [-0.4, -0.2) is 46.1 Å². The number of ether oxygens (including phenoxy) is 2. The van der Waals surface area contributed by atoms with Crippen molar-refractivity contribution in [3.63, 3.8) is 0 Å². The number of rotatable bonds is 9. The maximum absolute atomic E-state index is 12.5. The number of guanidine groups is 1. The minimum atomic E-state index is -4.37. The molecule has 1 saturated carbocycles. The van der Waals surface area contributed by atoms with E-state index >= 15 is 0 Å². The summed E-state index contributed by atoms with van der Waals surface area (Å²) in [4.78, 5) is 4.22. The van der Waals surface area contributed by atoms with Crippen molar-refractivity contribution in [2.75, 3.05) is 33.9 Å². The fourth-order valence-electron chi connectivity index (χ4n) is 3.28. The number of nitrogens with zero attached hydrogens (tertiary/aromatic N) is 1. The van der Waals surface area contributed by atoms with Crippen molar-refractivity contribution in [1.82, 2.24) is 10.6 Å². The molecule has 0 saturated heterocycles. The first-order valence-electron chi connectivity index (χ1n) is 9.49. The molecule has 2 N–H and O–H groups in total. The summed E-state index contributed by atoms with van der Waals surface area (Å²) < 4.78 is 47.7. The molecule has 0 atom stereocenters. The predicted molar refractivity (Wildman–Crippen MR) is 119 cm³/mol. The molecule has 9 heteroatoms. The molecule has 166 valence electrons. The highest BCUT2D eigenvalue weighted by Gasteiger charge is 2.36. The van der Waals surface area contributed by atoms with Gasteiger partial charge in [-0.05, 0) is 43.2 Å². The minimum absolute atomic E-state index is 0. The van der Waals surface area contributed by atoms with Gasteiger partial charge in [0.25, 0.3) is 0 Å². The van der Waals surface area contributed by atoms with Crippen LogP contribution >= 0.6 is 24.0 Å². The van der Waals surface area contributed by atoms with E-state index in [4.69, 9.17) is 9.47 Å². The summed E-state index contributed by atoms with van der Waals surface area (Å²) in [5, 5.41) is 6.51. The first kappa shape index (κ1) is 25.8. The van der Waals surface area contributed by atoms with E-state index < -0.39 is 12.8 Å². The number of aliphatic imine (C=N–C) groups is 1. The van der Waals surface area contributed by atoms with Crippen LogP contribution in [0.3, 0.4) is 0 Å². The van der Waals surface area contributed by atoms with Gasteiger partial charge in [0, 0.05) is 39.4 Å². The lowest BCUT2D eigenvalue weighted by Crippen LogP contribution is -2.46. The Morgan fingerprint density at radius 3 is 2.52 bits per heavy atom. The number of alkyl halides is 3. The second kappa shape index (κ2) is 11.8. The van der Waals surface area contributed by atoms with E-state index in [1.54, 1.807) is 26.3 Å². The lowest BCUT2D eigenvalue weighted by atomic mass is 9.67. The third kappa shape index (κ3) is 8.57. The largest absolute Gasteiger partial charge is 0.484 e. The smallest absolute Gasteiger partial charge is 0.422 e. The molecule has 2 rings (SSSR count). The van der Waals surface area contributed by atoms with Crippen molar-refractivity contribution in [3.05, 3.63) is 29.3 Å². The molecule has 1 aromatic rings. The molecule has 0 heterocycles. The Balaban J connectivity index is 0.00000420. The van der Waals surface area contributed by atoms with Crippen LogP contribution in [0.1, 0.15) is 36.8 Å². The van der Waals surface area contributed by atoms with E-state index in [-0.39, 0.29) is 35.1 Å². The number of aryl methyl sites for hydroxylation is 1. The van der Waals surface area contributed by atoms with Crippen molar-refractivity contribution < 1.29 is 22.6 Å². The topological polar surface area (TPSA) is 54.9 Å². The van der Waals surface area contributed by atoms with E-state index in [0.29, 0.717) is 18.1 Å². The molecule has 0 unspecified atom stereocenters. The summed E-state index contributed by atoms with van der Waals surface area (Å²) in [7, 11) is 3.38. The maximum Gasteiger partial charge on any atom is 0.422 e. The molecule has 0 aliphatic heterocycles. The Morgan fingerprint density at radius 2 is 1.97 bits per heavy atom. The van der Waals surface area contributed by atoms with Crippen molar-refractivity contribution in [2.24, 2.45) is 10.4 Å². The van der Waals surface area contributed by atoms with Crippen LogP contribution in [0.2, 0.25) is 0 Å². The van der Waals surface area contributed by atoms with E-state index in [2.05, 4.69) is 15.6 Å². The Hall–Kier alpha value is -1.23. The molecule has 0 bridgehead atoms. The van der Waals surface area contributed by atoms with Crippen LogP contribution in [0.15, 0.2) is 23.2 Å². The van der Waals surface area contributed by atoms with Gasteiger partial charge in [-0.25, -0.2) is 0 Å². The van der Waals surface area contributed by atoms with Gasteiger partial charge < -0.3 is 20.1 Å². The van der Waals surface area contributed by atoms with Gasteiger partial charge in [0.1, 0.15) is 5.75 Å². The molecule has 1 fully saturated rings. The predicted octanol–water partition coefficient (Wildman–Crippen LogP) is 4.43. The number of benzene rings is 1. The molecule has 29 heavy (non-hydrogen) atoms. The molecule has 1 aromatic carbocycles. The molecular formula is C20H31F3IN3O2. The van der Waals surface area contributed by atoms with Gasteiger partial charge in [-0.2, -0.15) is 13.2 Å². The van der Waals surface area contributed by atoms with E-state index in [9.17, 15) is 13.2 Å². The van der Waals surface area contributed by atoms with Crippen LogP contribution in [0.4, 0.5) is 13.2 Å². The Bertz CT molecular complexity index is 665. The molecule has 1 aliphatic rings. The molecule has 5 nitrogen and oxygen atoms in total. The SMILES string of the molecule is CN=C(NCc1ccc(C)cc1OCC(F)(F)F)NCC1(CCOC)CCC1.I. The number of halogens is 4. The summed E-state index contributed by atoms with van der Waals surface area (Å²) in [5.74, 6) is 0.849. The van der Waals surface area contributed by atoms with E-state index in [1.807, 2.05) is 13.0 Å². The lowest BCUT2D eigenvalue weighted by molar-refractivity contribution is -0.153. The quantitative estimate of drug-likeness (QED) is 0.283. The molecule has 0 spiro atoms. The summed E-state index contributed by atoms with van der Waals surface area (Å²) in [6, 6.07) is 5.24. The number of hydrogen-bond donors (Lipinski definition) is 2. The maximum atomic E-state index is 12.5. The van der Waals surface area contributed by atoms with Gasteiger partial charge in [-0.1, -0.05) is 18.6 Å². The fraction of sp³-hybridized carbons (Fsp3) is 0.650. The lowest BCUT2D eigenvalue weighted by Gasteiger charge is -2.42. The van der Waals surface area contributed by atoms with Gasteiger partial charge in [-0.3, -0.25) is 4.99 Å². The summed E-state index contributed by atoms with van der Waals surface area (Å²) >= 11 is 0. The first-order valence-corrected chi connectivity index (χ1v) is 9.49. The van der Waals surface area contributed by atoms with Crippen molar-refractivity contribution in [1.29, 1.82) is 0 Å². The van der Waals surface area contributed by atoms with Crippen LogP contribution in [0.5, 0.6) is 5.75 Å². The van der Waals surface area contributed by atoms with E-state index in [0.717, 1.165) is 38.0 Å². The Morgan fingerprint density at radius 1 is 1.24 bits per heavy atom. The number of methoxy groups -OCH3 is 1. The summed E-state index contributed by atoms with van der Waals surface area (Å²) in [6.45, 7) is 2.35. The van der Waals surface area contributed by atoms with Gasteiger partial charge >= 0.3 is 6.18 Å². The summed E-state index contributed by atoms with van der Waals surface area (Å²) in [6.07, 6.45) is 0.175. The second-order valence-electron chi connectivity index (χ2n) is 7.39. The molecule has 1 aliphatic carbocycles. The van der Waals surface area contributed by atoms with Crippen LogP contribution in [0, 0.1) is 12.3 Å². The molecule has 0 amide bonds. The van der Waals surface area contributed by atoms with Crippen molar-refractivity contribution >= 4 is 29.9 Å². The van der Waals surface area contributed by atoms with Crippen LogP contribution < -0.4 is 15.4 Å². The number of nitrogens with one attached hydrogen (secondary N) is 2. The fourth-order valence-corrected chi connectivity index (χ4v) is 3.28. The second-order valence-corrected chi connectivity index (χ2v) is 7.39. The van der Waals surface area contributed by atoms with Gasteiger partial charge in [-0.15, -0.1) is 24.0 Å². The summed E-state index contributed by atoms with van der Waals surface area (Å²) in [5.41, 5.74) is 1.72. The monoisotopic (exact) mass is 529 g/mol. The number of hydrogen-bond acceptors (Lipinski definition) is 3. The van der Waals surface area contributed by atoms with Gasteiger partial charge in [0.2, 0.25) is 0 Å². The zero-order chi connectivity index (χ0) is 20.6. The minimum Gasteiger partial charge on any atom is -0.484 e.